The minimum absolute atomic E-state index is 0.0327. The van der Waals surface area contributed by atoms with E-state index >= 15 is 0 Å². The van der Waals surface area contributed by atoms with Crippen LogP contribution in [0.3, 0.4) is 0 Å². The number of carbonyl (C=O) groups excluding carboxylic acids is 1. The van der Waals surface area contributed by atoms with Crippen molar-refractivity contribution in [3.05, 3.63) is 53.9 Å². The van der Waals surface area contributed by atoms with E-state index < -0.39 is 0 Å². The van der Waals surface area contributed by atoms with E-state index in [1.54, 1.807) is 19.6 Å². The highest BCUT2D eigenvalue weighted by atomic mass is 19.1. The molecule has 1 aromatic carbocycles. The minimum atomic E-state index is -0.200. The highest BCUT2D eigenvalue weighted by Gasteiger charge is 2.23. The van der Waals surface area contributed by atoms with E-state index in [-0.39, 0.29) is 11.8 Å². The molecule has 0 bridgehead atoms. The van der Waals surface area contributed by atoms with Gasteiger partial charge in [-0.2, -0.15) is 0 Å². The Morgan fingerprint density at radius 1 is 1.30 bits per heavy atom. The number of amides is 2. The molecule has 0 unspecified atom stereocenters. The number of rotatable bonds is 7. The number of ether oxygens (including phenoxy) is 1. The first-order valence-corrected chi connectivity index (χ1v) is 9.41. The summed E-state index contributed by atoms with van der Waals surface area (Å²) in [5.41, 5.74) is 2.12. The molecule has 0 radical (unpaired) electrons. The van der Waals surface area contributed by atoms with E-state index in [1.165, 1.54) is 12.1 Å². The molecular weight excluding hydrogens is 347 g/mol. The molecule has 2 amide bonds. The van der Waals surface area contributed by atoms with Crippen LogP contribution in [0.25, 0.3) is 0 Å². The zero-order valence-corrected chi connectivity index (χ0v) is 15.7. The molecule has 146 valence electrons. The molecule has 1 aliphatic heterocycles. The number of nitrogens with zero attached hydrogens (tertiary/aromatic N) is 3. The minimum Gasteiger partial charge on any atom is -0.383 e. The highest BCUT2D eigenvalue weighted by Crippen LogP contribution is 2.22. The third kappa shape index (κ3) is 5.53. The number of aromatic nitrogens is 2. The zero-order valence-electron chi connectivity index (χ0n) is 15.7. The molecule has 0 aliphatic carbocycles. The van der Waals surface area contributed by atoms with Gasteiger partial charge in [-0.05, 0) is 42.9 Å². The number of hydrogen-bond acceptors (Lipinski definition) is 3. The summed E-state index contributed by atoms with van der Waals surface area (Å²) in [5.74, 6) is 0.337. The summed E-state index contributed by atoms with van der Waals surface area (Å²) in [4.78, 5) is 18.5. The van der Waals surface area contributed by atoms with Gasteiger partial charge in [0.1, 0.15) is 5.82 Å². The maximum absolute atomic E-state index is 13.0. The number of nitrogens with one attached hydrogen (secondary N) is 1. The molecule has 6 nitrogen and oxygen atoms in total. The van der Waals surface area contributed by atoms with Gasteiger partial charge in [-0.1, -0.05) is 12.1 Å². The lowest BCUT2D eigenvalue weighted by atomic mass is 9.90. The Kier molecular flexibility index (Phi) is 6.81. The molecule has 3 rings (SSSR count). The predicted molar refractivity (Wildman–Crippen MR) is 101 cm³/mol. The van der Waals surface area contributed by atoms with Crippen molar-refractivity contribution in [2.45, 2.75) is 32.4 Å². The van der Waals surface area contributed by atoms with Gasteiger partial charge in [0.15, 0.2) is 0 Å². The lowest BCUT2D eigenvalue weighted by Gasteiger charge is -2.32. The number of methoxy groups -OCH3 is 1. The van der Waals surface area contributed by atoms with Gasteiger partial charge in [0, 0.05) is 32.9 Å². The Morgan fingerprint density at radius 2 is 2.04 bits per heavy atom. The molecule has 27 heavy (non-hydrogen) atoms. The van der Waals surface area contributed by atoms with Crippen LogP contribution < -0.4 is 5.32 Å². The molecule has 2 heterocycles. The molecule has 1 aliphatic rings. The van der Waals surface area contributed by atoms with E-state index in [4.69, 9.17) is 4.74 Å². The van der Waals surface area contributed by atoms with Gasteiger partial charge >= 0.3 is 6.03 Å². The van der Waals surface area contributed by atoms with Gasteiger partial charge in [0.2, 0.25) is 0 Å². The number of halogens is 1. The van der Waals surface area contributed by atoms with Crippen LogP contribution in [-0.4, -0.2) is 47.3 Å². The van der Waals surface area contributed by atoms with Crippen LogP contribution in [0.15, 0.2) is 36.8 Å². The van der Waals surface area contributed by atoms with Crippen LogP contribution in [0.5, 0.6) is 0 Å². The van der Waals surface area contributed by atoms with Gasteiger partial charge in [-0.15, -0.1) is 0 Å². The molecule has 1 N–H and O–H groups in total. The average molecular weight is 374 g/mol. The number of hydrogen-bond donors (Lipinski definition) is 1. The lowest BCUT2D eigenvalue weighted by molar-refractivity contribution is 0.169. The van der Waals surface area contributed by atoms with Crippen LogP contribution in [0.2, 0.25) is 0 Å². The van der Waals surface area contributed by atoms with Crippen molar-refractivity contribution in [1.82, 2.24) is 19.8 Å². The van der Waals surface area contributed by atoms with Crippen molar-refractivity contribution in [3.63, 3.8) is 0 Å². The topological polar surface area (TPSA) is 59.4 Å². The summed E-state index contributed by atoms with van der Waals surface area (Å²) in [7, 11) is 1.66. The predicted octanol–water partition coefficient (Wildman–Crippen LogP) is 2.83. The third-order valence-electron chi connectivity index (χ3n) is 5.09. The van der Waals surface area contributed by atoms with Crippen LogP contribution in [0.1, 0.15) is 24.1 Å². The molecule has 0 atom stereocenters. The van der Waals surface area contributed by atoms with Gasteiger partial charge < -0.3 is 19.5 Å². The van der Waals surface area contributed by atoms with Crippen molar-refractivity contribution in [3.8, 4) is 0 Å². The Balaban J connectivity index is 1.42. The summed E-state index contributed by atoms with van der Waals surface area (Å²) < 4.78 is 20.1. The van der Waals surface area contributed by atoms with Crippen LogP contribution >= 0.6 is 0 Å². The number of carbonyl (C=O) groups is 1. The van der Waals surface area contributed by atoms with Crippen LogP contribution in [0.4, 0.5) is 9.18 Å². The Bertz CT molecular complexity index is 724. The van der Waals surface area contributed by atoms with Gasteiger partial charge in [0.25, 0.3) is 0 Å². The maximum atomic E-state index is 13.0. The fraction of sp³-hybridized carbons (Fsp3) is 0.500. The Labute approximate surface area is 159 Å². The lowest BCUT2D eigenvalue weighted by Crippen LogP contribution is -2.44. The second kappa shape index (κ2) is 9.50. The van der Waals surface area contributed by atoms with Crippen LogP contribution in [-0.2, 0) is 24.2 Å². The zero-order chi connectivity index (χ0) is 19.1. The summed E-state index contributed by atoms with van der Waals surface area (Å²) in [5, 5.41) is 2.99. The SMILES string of the molecule is COCCn1cncc1CNC(=O)N1CCC(Cc2ccc(F)cc2)CC1. The molecular formula is C20H27FN4O2. The Hall–Kier alpha value is -2.41. The quantitative estimate of drug-likeness (QED) is 0.811. The van der Waals surface area contributed by atoms with Crippen molar-refractivity contribution in [1.29, 1.82) is 0 Å². The monoisotopic (exact) mass is 374 g/mol. The normalized spacial score (nSPS) is 15.1. The fourth-order valence-electron chi connectivity index (χ4n) is 3.46. The van der Waals surface area contributed by atoms with Gasteiger partial charge in [-0.25, -0.2) is 14.2 Å². The molecule has 7 heteroatoms. The van der Waals surface area contributed by atoms with Crippen molar-refractivity contribution in [2.24, 2.45) is 5.92 Å². The van der Waals surface area contributed by atoms with E-state index in [0.29, 0.717) is 19.1 Å². The number of piperidine rings is 1. The highest BCUT2D eigenvalue weighted by molar-refractivity contribution is 5.74. The Morgan fingerprint density at radius 3 is 2.74 bits per heavy atom. The third-order valence-corrected chi connectivity index (χ3v) is 5.09. The number of benzene rings is 1. The summed E-state index contributed by atoms with van der Waals surface area (Å²) in [6.07, 6.45) is 6.40. The molecule has 1 fully saturated rings. The molecule has 1 saturated heterocycles. The maximum Gasteiger partial charge on any atom is 0.317 e. The first-order valence-electron chi connectivity index (χ1n) is 9.41. The number of imidazole rings is 1. The molecule has 0 spiro atoms. The van der Waals surface area contributed by atoms with E-state index in [2.05, 4.69) is 10.3 Å². The smallest absolute Gasteiger partial charge is 0.317 e. The molecule has 1 aromatic heterocycles. The summed E-state index contributed by atoms with van der Waals surface area (Å²) >= 11 is 0. The largest absolute Gasteiger partial charge is 0.383 e. The first-order chi connectivity index (χ1) is 13.2. The number of likely N-dealkylation sites (tertiary alicyclic amines) is 1. The van der Waals surface area contributed by atoms with Gasteiger partial charge in [0.05, 0.1) is 25.2 Å². The molecule has 2 aromatic rings. The van der Waals surface area contributed by atoms with E-state index in [0.717, 1.165) is 50.2 Å². The van der Waals surface area contributed by atoms with Crippen molar-refractivity contribution < 1.29 is 13.9 Å². The first kappa shape index (κ1) is 19.4. The van der Waals surface area contributed by atoms with Crippen molar-refractivity contribution >= 4 is 6.03 Å². The van der Waals surface area contributed by atoms with Gasteiger partial charge in [-0.3, -0.25) is 0 Å². The molecule has 0 saturated carbocycles. The van der Waals surface area contributed by atoms with Crippen molar-refractivity contribution in [2.75, 3.05) is 26.8 Å². The summed E-state index contributed by atoms with van der Waals surface area (Å²) in [6, 6.07) is 6.68. The summed E-state index contributed by atoms with van der Waals surface area (Å²) in [6.45, 7) is 3.29. The van der Waals surface area contributed by atoms with Crippen LogP contribution in [0, 0.1) is 11.7 Å². The second-order valence-corrected chi connectivity index (χ2v) is 6.99. The average Bonchev–Trinajstić information content (AvgIpc) is 3.14. The number of urea groups is 1. The fourth-order valence-corrected chi connectivity index (χ4v) is 3.46. The van der Waals surface area contributed by atoms with E-state index in [1.807, 2.05) is 21.6 Å². The standard InChI is InChI=1S/C20H27FN4O2/c1-27-11-10-25-15-22-13-19(25)14-23-20(26)24-8-6-17(7-9-24)12-16-2-4-18(21)5-3-16/h2-5,13,15,17H,6-12,14H2,1H3,(H,23,26). The van der Waals surface area contributed by atoms with E-state index in [9.17, 15) is 9.18 Å². The second-order valence-electron chi connectivity index (χ2n) is 6.99.